The largest absolute Gasteiger partial charge is 0.463 e. The molecule has 1 atom stereocenters. The van der Waals surface area contributed by atoms with Gasteiger partial charge in [-0.05, 0) is 37.1 Å². The first-order valence-electron chi connectivity index (χ1n) is 7.03. The maximum atomic E-state index is 13.4. The third-order valence-electron chi connectivity index (χ3n) is 3.32. The third kappa shape index (κ3) is 4.72. The lowest BCUT2D eigenvalue weighted by molar-refractivity contribution is -0.684. The molecule has 0 aliphatic carbocycles. The highest BCUT2D eigenvalue weighted by atomic mass is 19.1. The summed E-state index contributed by atoms with van der Waals surface area (Å²) in [7, 11) is 0. The summed E-state index contributed by atoms with van der Waals surface area (Å²) in [6, 6.07) is 10.4. The summed E-state index contributed by atoms with van der Waals surface area (Å²) in [5.74, 6) is 0.545. The minimum atomic E-state index is -0.232. The quantitative estimate of drug-likeness (QED) is 0.810. The van der Waals surface area contributed by atoms with Crippen molar-refractivity contribution >= 4 is 5.91 Å². The van der Waals surface area contributed by atoms with Crippen LogP contribution in [0.4, 0.5) is 4.39 Å². The first kappa shape index (κ1) is 15.3. The zero-order valence-corrected chi connectivity index (χ0v) is 12.0. The number of benzene rings is 1. The Morgan fingerprint density at radius 2 is 2.14 bits per heavy atom. The molecule has 2 rings (SSSR count). The van der Waals surface area contributed by atoms with Gasteiger partial charge >= 0.3 is 0 Å². The number of hydrogen-bond acceptors (Lipinski definition) is 2. The number of carbonyl (C=O) groups excluding carboxylic acids is 1. The van der Waals surface area contributed by atoms with Gasteiger partial charge in [0.05, 0.1) is 6.26 Å². The normalized spacial score (nSPS) is 12.1. The summed E-state index contributed by atoms with van der Waals surface area (Å²) in [4.78, 5) is 11.7. The zero-order valence-electron chi connectivity index (χ0n) is 12.0. The minimum Gasteiger partial charge on any atom is -0.463 e. The summed E-state index contributed by atoms with van der Waals surface area (Å²) in [6.45, 7) is 2.73. The van der Waals surface area contributed by atoms with Gasteiger partial charge in [0.15, 0.2) is 12.3 Å². The first-order valence-corrected chi connectivity index (χ1v) is 7.03. The molecule has 1 aromatic carbocycles. The second kappa shape index (κ2) is 7.59. The molecule has 0 bridgehead atoms. The Kier molecular flexibility index (Phi) is 5.51. The fourth-order valence-electron chi connectivity index (χ4n) is 2.06. The molecule has 0 saturated carbocycles. The number of carbonyl (C=O) groups is 1. The van der Waals surface area contributed by atoms with Gasteiger partial charge in [-0.25, -0.2) is 4.39 Å². The van der Waals surface area contributed by atoms with Gasteiger partial charge < -0.3 is 15.1 Å². The summed E-state index contributed by atoms with van der Waals surface area (Å²) >= 11 is 0. The fraction of sp³-hybridized carbons (Fsp3) is 0.312. The highest BCUT2D eigenvalue weighted by Crippen LogP contribution is 2.07. The van der Waals surface area contributed by atoms with Crippen molar-refractivity contribution in [2.75, 3.05) is 13.1 Å². The average Bonchev–Trinajstić information content (AvgIpc) is 3.01. The van der Waals surface area contributed by atoms with E-state index in [9.17, 15) is 9.18 Å². The number of nitrogens with one attached hydrogen (secondary N) is 1. The number of hydrogen-bond donors (Lipinski definition) is 2. The van der Waals surface area contributed by atoms with Crippen molar-refractivity contribution < 1.29 is 18.9 Å². The van der Waals surface area contributed by atoms with Crippen LogP contribution >= 0.6 is 0 Å². The predicted molar refractivity (Wildman–Crippen MR) is 77.0 cm³/mol. The van der Waals surface area contributed by atoms with Gasteiger partial charge in [0, 0.05) is 6.54 Å². The van der Waals surface area contributed by atoms with Crippen LogP contribution in [0.5, 0.6) is 0 Å². The highest BCUT2D eigenvalue weighted by Gasteiger charge is 2.13. The Morgan fingerprint density at radius 1 is 1.33 bits per heavy atom. The maximum absolute atomic E-state index is 13.4. The Bertz CT molecular complexity index is 569. The molecule has 1 amide bonds. The van der Waals surface area contributed by atoms with Crippen molar-refractivity contribution in [2.45, 2.75) is 19.4 Å². The van der Waals surface area contributed by atoms with Crippen molar-refractivity contribution in [2.24, 2.45) is 0 Å². The minimum absolute atomic E-state index is 0.0651. The van der Waals surface area contributed by atoms with Crippen LogP contribution in [0.2, 0.25) is 0 Å². The third-order valence-corrected chi connectivity index (χ3v) is 3.32. The maximum Gasteiger partial charge on any atom is 0.275 e. The van der Waals surface area contributed by atoms with Gasteiger partial charge in [-0.2, -0.15) is 0 Å². The number of rotatable bonds is 7. The van der Waals surface area contributed by atoms with Crippen LogP contribution in [0.1, 0.15) is 24.3 Å². The van der Waals surface area contributed by atoms with Crippen LogP contribution in [0.15, 0.2) is 47.1 Å². The second-order valence-corrected chi connectivity index (χ2v) is 4.94. The Labute approximate surface area is 123 Å². The predicted octanol–water partition coefficient (Wildman–Crippen LogP) is 1.40. The number of amides is 1. The molecule has 112 valence electrons. The lowest BCUT2D eigenvalue weighted by Gasteiger charge is -2.09. The van der Waals surface area contributed by atoms with Crippen molar-refractivity contribution in [3.05, 3.63) is 59.8 Å². The topological polar surface area (TPSA) is 58.9 Å². The molecule has 0 aliphatic heterocycles. The van der Waals surface area contributed by atoms with E-state index < -0.39 is 0 Å². The van der Waals surface area contributed by atoms with Crippen LogP contribution < -0.4 is 10.6 Å². The Morgan fingerprint density at radius 3 is 2.86 bits per heavy atom. The van der Waals surface area contributed by atoms with E-state index in [0.29, 0.717) is 25.1 Å². The van der Waals surface area contributed by atoms with E-state index in [2.05, 4.69) is 5.32 Å². The van der Waals surface area contributed by atoms with Crippen LogP contribution in [0, 0.1) is 5.82 Å². The Hall–Kier alpha value is -2.14. The molecule has 0 fully saturated rings. The Balaban J connectivity index is 1.67. The molecular formula is C16H20FN2O2+. The molecule has 0 saturated heterocycles. The van der Waals surface area contributed by atoms with Crippen molar-refractivity contribution in [3.63, 3.8) is 0 Å². The van der Waals surface area contributed by atoms with Gasteiger partial charge in [-0.3, -0.25) is 4.79 Å². The van der Waals surface area contributed by atoms with Gasteiger partial charge in [-0.15, -0.1) is 0 Å². The van der Waals surface area contributed by atoms with E-state index in [1.165, 1.54) is 6.07 Å². The van der Waals surface area contributed by atoms with Crippen LogP contribution in [0.25, 0.3) is 0 Å². The van der Waals surface area contributed by atoms with E-state index >= 15 is 0 Å². The molecule has 1 aromatic heterocycles. The molecule has 5 heteroatoms. The average molecular weight is 291 g/mol. The molecule has 21 heavy (non-hydrogen) atoms. The van der Waals surface area contributed by atoms with Crippen LogP contribution in [-0.4, -0.2) is 19.0 Å². The number of nitrogens with two attached hydrogens (primary N) is 1. The summed E-state index contributed by atoms with van der Waals surface area (Å²) in [6.07, 6.45) is 2.11. The molecule has 2 aromatic rings. The van der Waals surface area contributed by atoms with E-state index in [0.717, 1.165) is 5.76 Å². The number of furan rings is 1. The molecule has 3 N–H and O–H groups in total. The zero-order chi connectivity index (χ0) is 15.1. The molecule has 1 heterocycles. The van der Waals surface area contributed by atoms with Crippen LogP contribution in [-0.2, 0) is 11.2 Å². The number of quaternary nitrogens is 1. The van der Waals surface area contributed by atoms with E-state index in [1.54, 1.807) is 24.5 Å². The molecule has 0 radical (unpaired) electrons. The molecule has 4 nitrogen and oxygen atoms in total. The molecular weight excluding hydrogens is 271 g/mol. The lowest BCUT2D eigenvalue weighted by atomic mass is 10.1. The molecule has 0 aliphatic rings. The smallest absolute Gasteiger partial charge is 0.275 e. The van der Waals surface area contributed by atoms with Crippen molar-refractivity contribution in [3.8, 4) is 0 Å². The number of halogens is 1. The second-order valence-electron chi connectivity index (χ2n) is 4.94. The lowest BCUT2D eigenvalue weighted by Crippen LogP contribution is -2.87. The van der Waals surface area contributed by atoms with Crippen molar-refractivity contribution in [1.82, 2.24) is 5.32 Å². The molecule has 0 unspecified atom stereocenters. The van der Waals surface area contributed by atoms with Crippen LogP contribution in [0.3, 0.4) is 0 Å². The molecule has 0 spiro atoms. The standard InChI is InChI=1S/C16H19FN2O2/c1-12(15-7-4-10-21-15)19-11-16(20)18-9-8-13-5-2-3-6-14(13)17/h2-7,10,12,19H,8-9,11H2,1H3,(H,18,20)/p+1/t12-/m1/s1. The summed E-state index contributed by atoms with van der Waals surface area (Å²) in [5.41, 5.74) is 0.616. The van der Waals surface area contributed by atoms with Gasteiger partial charge in [-0.1, -0.05) is 18.2 Å². The first-order chi connectivity index (χ1) is 10.2. The van der Waals surface area contributed by atoms with E-state index in [1.807, 2.05) is 24.4 Å². The monoisotopic (exact) mass is 291 g/mol. The van der Waals surface area contributed by atoms with Crippen molar-refractivity contribution in [1.29, 1.82) is 0 Å². The van der Waals surface area contributed by atoms with E-state index in [4.69, 9.17) is 4.42 Å². The van der Waals surface area contributed by atoms with Gasteiger partial charge in [0.25, 0.3) is 5.91 Å². The summed E-state index contributed by atoms with van der Waals surface area (Å²) < 4.78 is 18.7. The highest BCUT2D eigenvalue weighted by molar-refractivity contribution is 5.76. The summed E-state index contributed by atoms with van der Waals surface area (Å²) in [5, 5.41) is 4.69. The van der Waals surface area contributed by atoms with Gasteiger partial charge in [0.2, 0.25) is 0 Å². The van der Waals surface area contributed by atoms with Gasteiger partial charge in [0.1, 0.15) is 11.9 Å². The fourth-order valence-corrected chi connectivity index (χ4v) is 2.06. The van der Waals surface area contributed by atoms with E-state index in [-0.39, 0.29) is 17.8 Å². The SMILES string of the molecule is C[C@@H]([NH2+]CC(=O)NCCc1ccccc1F)c1ccco1.